The highest BCUT2D eigenvalue weighted by atomic mass is 16.3. The third kappa shape index (κ3) is 3.92. The zero-order valence-electron chi connectivity index (χ0n) is 6.32. The SMILES string of the molecule is CC(=O)N[C@H](CO)[C@H](O)CO. The zero-order chi connectivity index (χ0) is 8.85. The molecule has 0 fully saturated rings. The molecule has 0 heterocycles. The predicted octanol–water partition coefficient (Wildman–Crippen LogP) is -2.16. The average molecular weight is 163 g/mol. The lowest BCUT2D eigenvalue weighted by Crippen LogP contribution is -2.46. The van der Waals surface area contributed by atoms with Crippen LogP contribution in [0.5, 0.6) is 0 Å². The molecule has 0 radical (unpaired) electrons. The van der Waals surface area contributed by atoms with Gasteiger partial charge in [0.1, 0.15) is 0 Å². The number of hydrogen-bond acceptors (Lipinski definition) is 4. The molecule has 5 nitrogen and oxygen atoms in total. The van der Waals surface area contributed by atoms with E-state index in [4.69, 9.17) is 15.3 Å². The number of carbonyl (C=O) groups is 1. The molecule has 0 spiro atoms. The Kier molecular flexibility index (Phi) is 4.76. The molecule has 0 unspecified atom stereocenters. The lowest BCUT2D eigenvalue weighted by molar-refractivity contribution is -0.121. The lowest BCUT2D eigenvalue weighted by Gasteiger charge is -2.19. The average Bonchev–Trinajstić information content (AvgIpc) is 1.98. The molecule has 0 aromatic rings. The van der Waals surface area contributed by atoms with Crippen molar-refractivity contribution >= 4 is 5.91 Å². The summed E-state index contributed by atoms with van der Waals surface area (Å²) >= 11 is 0. The predicted molar refractivity (Wildman–Crippen MR) is 37.8 cm³/mol. The highest BCUT2D eigenvalue weighted by Crippen LogP contribution is 1.90. The Morgan fingerprint density at radius 2 is 2.00 bits per heavy atom. The van der Waals surface area contributed by atoms with Crippen molar-refractivity contribution in [1.82, 2.24) is 5.32 Å². The molecule has 0 bridgehead atoms. The molecule has 0 saturated carbocycles. The highest BCUT2D eigenvalue weighted by molar-refractivity contribution is 5.73. The van der Waals surface area contributed by atoms with Gasteiger partial charge in [0.2, 0.25) is 5.91 Å². The molecular formula is C6H13NO4. The number of rotatable bonds is 4. The van der Waals surface area contributed by atoms with E-state index in [2.05, 4.69) is 5.32 Å². The number of nitrogens with one attached hydrogen (secondary N) is 1. The molecule has 0 rings (SSSR count). The van der Waals surface area contributed by atoms with Gasteiger partial charge in [0, 0.05) is 6.92 Å². The van der Waals surface area contributed by atoms with Gasteiger partial charge in [-0.25, -0.2) is 0 Å². The van der Waals surface area contributed by atoms with E-state index in [-0.39, 0.29) is 12.5 Å². The van der Waals surface area contributed by atoms with E-state index in [0.29, 0.717) is 0 Å². The van der Waals surface area contributed by atoms with Crippen molar-refractivity contribution in [3.63, 3.8) is 0 Å². The molecular weight excluding hydrogens is 150 g/mol. The first kappa shape index (κ1) is 10.3. The molecule has 5 heteroatoms. The summed E-state index contributed by atoms with van der Waals surface area (Å²) in [5, 5.41) is 28.3. The van der Waals surface area contributed by atoms with E-state index < -0.39 is 18.8 Å². The Bertz CT molecular complexity index is 128. The molecule has 2 atom stereocenters. The summed E-state index contributed by atoms with van der Waals surface area (Å²) in [5.74, 6) is -0.350. The van der Waals surface area contributed by atoms with Gasteiger partial charge in [-0.1, -0.05) is 0 Å². The van der Waals surface area contributed by atoms with Gasteiger partial charge in [0.25, 0.3) is 0 Å². The monoisotopic (exact) mass is 163 g/mol. The van der Waals surface area contributed by atoms with Crippen LogP contribution in [0.1, 0.15) is 6.92 Å². The summed E-state index contributed by atoms with van der Waals surface area (Å²) < 4.78 is 0. The van der Waals surface area contributed by atoms with Crippen molar-refractivity contribution in [3.8, 4) is 0 Å². The lowest BCUT2D eigenvalue weighted by atomic mass is 10.2. The maximum absolute atomic E-state index is 10.4. The Morgan fingerprint density at radius 1 is 1.45 bits per heavy atom. The smallest absolute Gasteiger partial charge is 0.217 e. The Morgan fingerprint density at radius 3 is 2.27 bits per heavy atom. The van der Waals surface area contributed by atoms with Gasteiger partial charge in [0.15, 0.2) is 0 Å². The van der Waals surface area contributed by atoms with E-state index >= 15 is 0 Å². The molecule has 1 amide bonds. The number of aliphatic hydroxyl groups is 3. The second-order valence-corrected chi connectivity index (χ2v) is 2.24. The first-order valence-corrected chi connectivity index (χ1v) is 3.28. The van der Waals surface area contributed by atoms with Gasteiger partial charge >= 0.3 is 0 Å². The van der Waals surface area contributed by atoms with E-state index in [1.165, 1.54) is 6.92 Å². The fourth-order valence-electron chi connectivity index (χ4n) is 0.652. The summed E-state index contributed by atoms with van der Waals surface area (Å²) in [6.07, 6.45) is -1.11. The largest absolute Gasteiger partial charge is 0.394 e. The second kappa shape index (κ2) is 5.06. The fourth-order valence-corrected chi connectivity index (χ4v) is 0.652. The third-order valence-corrected chi connectivity index (χ3v) is 1.24. The minimum absolute atomic E-state index is 0.350. The van der Waals surface area contributed by atoms with Crippen molar-refractivity contribution in [2.45, 2.75) is 19.1 Å². The maximum Gasteiger partial charge on any atom is 0.217 e. The van der Waals surface area contributed by atoms with Crippen LogP contribution in [0.2, 0.25) is 0 Å². The van der Waals surface area contributed by atoms with Crippen LogP contribution in [-0.2, 0) is 4.79 Å². The molecule has 0 aliphatic carbocycles. The van der Waals surface area contributed by atoms with Crippen LogP contribution >= 0.6 is 0 Å². The van der Waals surface area contributed by atoms with E-state index in [0.717, 1.165) is 0 Å². The van der Waals surface area contributed by atoms with Crippen LogP contribution in [0.4, 0.5) is 0 Å². The molecule has 0 aliphatic heterocycles. The Hall–Kier alpha value is -0.650. The Balaban J connectivity index is 3.84. The number of hydrogen-bond donors (Lipinski definition) is 4. The minimum Gasteiger partial charge on any atom is -0.394 e. The standard InChI is InChI=1S/C6H13NO4/c1-4(10)7-5(2-8)6(11)3-9/h5-6,8-9,11H,2-3H2,1H3,(H,7,10)/t5-,6-/m1/s1. The van der Waals surface area contributed by atoms with Crippen molar-refractivity contribution in [3.05, 3.63) is 0 Å². The summed E-state index contributed by atoms with van der Waals surface area (Å²) in [5.41, 5.74) is 0. The first-order valence-electron chi connectivity index (χ1n) is 3.28. The van der Waals surface area contributed by atoms with E-state index in [1.54, 1.807) is 0 Å². The second-order valence-electron chi connectivity index (χ2n) is 2.24. The summed E-state index contributed by atoms with van der Waals surface area (Å²) in [6, 6.07) is -0.780. The molecule has 0 aromatic heterocycles. The summed E-state index contributed by atoms with van der Waals surface area (Å²) in [4.78, 5) is 10.4. The van der Waals surface area contributed by atoms with Gasteiger partial charge in [-0.15, -0.1) is 0 Å². The van der Waals surface area contributed by atoms with Gasteiger partial charge in [0.05, 0.1) is 25.4 Å². The molecule has 4 N–H and O–H groups in total. The Labute approximate surface area is 64.7 Å². The first-order chi connectivity index (χ1) is 5.11. The van der Waals surface area contributed by atoms with Crippen LogP contribution in [0, 0.1) is 0 Å². The summed E-state index contributed by atoms with van der Waals surface area (Å²) in [6.45, 7) is 0.402. The normalized spacial score (nSPS) is 15.6. The van der Waals surface area contributed by atoms with Crippen molar-refractivity contribution in [2.75, 3.05) is 13.2 Å². The van der Waals surface area contributed by atoms with Crippen LogP contribution in [0.15, 0.2) is 0 Å². The topological polar surface area (TPSA) is 89.8 Å². The van der Waals surface area contributed by atoms with Crippen molar-refractivity contribution < 1.29 is 20.1 Å². The van der Waals surface area contributed by atoms with Crippen molar-refractivity contribution in [2.24, 2.45) is 0 Å². The highest BCUT2D eigenvalue weighted by Gasteiger charge is 2.17. The van der Waals surface area contributed by atoms with Crippen LogP contribution in [-0.4, -0.2) is 46.6 Å². The van der Waals surface area contributed by atoms with Gasteiger partial charge in [-0.05, 0) is 0 Å². The summed E-state index contributed by atoms with van der Waals surface area (Å²) in [7, 11) is 0. The van der Waals surface area contributed by atoms with Gasteiger partial charge in [-0.2, -0.15) is 0 Å². The van der Waals surface area contributed by atoms with E-state index in [9.17, 15) is 4.79 Å². The molecule has 0 saturated heterocycles. The number of amides is 1. The molecule has 66 valence electrons. The van der Waals surface area contributed by atoms with Crippen LogP contribution in [0.25, 0.3) is 0 Å². The molecule has 11 heavy (non-hydrogen) atoms. The quantitative estimate of drug-likeness (QED) is 0.380. The van der Waals surface area contributed by atoms with Crippen LogP contribution in [0.3, 0.4) is 0 Å². The van der Waals surface area contributed by atoms with Crippen molar-refractivity contribution in [1.29, 1.82) is 0 Å². The number of aliphatic hydroxyl groups excluding tert-OH is 3. The third-order valence-electron chi connectivity index (χ3n) is 1.24. The zero-order valence-corrected chi connectivity index (χ0v) is 6.32. The molecule has 0 aliphatic rings. The number of carbonyl (C=O) groups excluding carboxylic acids is 1. The van der Waals surface area contributed by atoms with E-state index in [1.807, 2.05) is 0 Å². The van der Waals surface area contributed by atoms with Crippen LogP contribution < -0.4 is 5.32 Å². The maximum atomic E-state index is 10.4. The van der Waals surface area contributed by atoms with Gasteiger partial charge < -0.3 is 20.6 Å². The van der Waals surface area contributed by atoms with Gasteiger partial charge in [-0.3, -0.25) is 4.79 Å². The minimum atomic E-state index is -1.11. The molecule has 0 aromatic carbocycles. The fraction of sp³-hybridized carbons (Fsp3) is 0.833.